The summed E-state index contributed by atoms with van der Waals surface area (Å²) in [5, 5.41) is 0. The van der Waals surface area contributed by atoms with E-state index in [1.54, 1.807) is 0 Å². The minimum absolute atomic E-state index is 0.0705. The number of thiophene rings is 1. The van der Waals surface area contributed by atoms with Gasteiger partial charge in [-0.3, -0.25) is 0 Å². The molecule has 0 saturated heterocycles. The molecule has 0 aliphatic heterocycles. The summed E-state index contributed by atoms with van der Waals surface area (Å²) in [6.45, 7) is 4.17. The lowest BCUT2D eigenvalue weighted by Gasteiger charge is -2.28. The number of sulfonamides is 1. The fourth-order valence-corrected chi connectivity index (χ4v) is 6.08. The van der Waals surface area contributed by atoms with Crippen LogP contribution in [-0.2, 0) is 10.0 Å². The molecule has 0 saturated carbocycles. The quantitative estimate of drug-likeness (QED) is 0.669. The number of alkyl halides is 1. The van der Waals surface area contributed by atoms with E-state index in [4.69, 9.17) is 34.8 Å². The first kappa shape index (κ1) is 17.5. The van der Waals surface area contributed by atoms with Gasteiger partial charge in [-0.2, -0.15) is 4.31 Å². The van der Waals surface area contributed by atoms with Gasteiger partial charge in [0, 0.05) is 18.5 Å². The van der Waals surface area contributed by atoms with Crippen LogP contribution >= 0.6 is 46.1 Å². The van der Waals surface area contributed by atoms with E-state index in [1.165, 1.54) is 10.4 Å². The zero-order valence-electron chi connectivity index (χ0n) is 10.7. The normalized spacial score (nSPS) is 12.6. The molecule has 1 heterocycles. The SMILES string of the molecule is CCC(CC)N(CCCl)S(=O)(=O)c1cc(Cl)sc1Cl. The smallest absolute Gasteiger partial charge is 0.207 e. The molecule has 0 radical (unpaired) electrons. The van der Waals surface area contributed by atoms with Crippen LogP contribution in [0.25, 0.3) is 0 Å². The molecule has 0 N–H and O–H groups in total. The topological polar surface area (TPSA) is 37.4 Å². The molecular formula is C11H16Cl3NO2S2. The van der Waals surface area contributed by atoms with E-state index in [0.29, 0.717) is 4.34 Å². The first-order valence-corrected chi connectivity index (χ1v) is 9.45. The van der Waals surface area contributed by atoms with Gasteiger partial charge in [-0.25, -0.2) is 8.42 Å². The van der Waals surface area contributed by atoms with Crippen LogP contribution in [-0.4, -0.2) is 31.2 Å². The Hall–Kier alpha value is 0.480. The molecule has 0 spiro atoms. The summed E-state index contributed by atoms with van der Waals surface area (Å²) in [5.74, 6) is 0.241. The van der Waals surface area contributed by atoms with Gasteiger partial charge in [0.2, 0.25) is 10.0 Å². The van der Waals surface area contributed by atoms with Crippen LogP contribution in [0.1, 0.15) is 26.7 Å². The minimum Gasteiger partial charge on any atom is -0.207 e. The van der Waals surface area contributed by atoms with Crippen LogP contribution in [0.3, 0.4) is 0 Å². The zero-order chi connectivity index (χ0) is 14.6. The maximum atomic E-state index is 12.6. The van der Waals surface area contributed by atoms with Crippen LogP contribution in [0.4, 0.5) is 0 Å². The first-order valence-electron chi connectivity index (χ1n) is 5.91. The largest absolute Gasteiger partial charge is 0.245 e. The molecule has 3 nitrogen and oxygen atoms in total. The van der Waals surface area contributed by atoms with Crippen molar-refractivity contribution in [3.05, 3.63) is 14.7 Å². The minimum atomic E-state index is -3.65. The predicted molar refractivity (Wildman–Crippen MR) is 83.3 cm³/mol. The molecule has 0 aliphatic carbocycles. The fraction of sp³-hybridized carbons (Fsp3) is 0.636. The third-order valence-electron chi connectivity index (χ3n) is 2.87. The molecule has 0 unspecified atom stereocenters. The molecule has 0 bridgehead atoms. The number of rotatable bonds is 7. The van der Waals surface area contributed by atoms with Gasteiger partial charge in [0.05, 0.1) is 4.34 Å². The molecule has 1 rings (SSSR count). The van der Waals surface area contributed by atoms with E-state index in [9.17, 15) is 8.42 Å². The monoisotopic (exact) mass is 363 g/mol. The van der Waals surface area contributed by atoms with Gasteiger partial charge in [0.1, 0.15) is 9.23 Å². The lowest BCUT2D eigenvalue weighted by Crippen LogP contribution is -2.40. The van der Waals surface area contributed by atoms with E-state index in [2.05, 4.69) is 0 Å². The number of hydrogen-bond donors (Lipinski definition) is 0. The Labute approximate surface area is 133 Å². The van der Waals surface area contributed by atoms with Crippen molar-refractivity contribution in [3.8, 4) is 0 Å². The molecule has 0 amide bonds. The second kappa shape index (κ2) is 7.48. The Bertz CT molecular complexity index is 512. The molecule has 0 aliphatic rings. The molecular weight excluding hydrogens is 349 g/mol. The van der Waals surface area contributed by atoms with Gasteiger partial charge in [-0.15, -0.1) is 22.9 Å². The van der Waals surface area contributed by atoms with E-state index in [1.807, 2.05) is 13.8 Å². The lowest BCUT2D eigenvalue weighted by molar-refractivity contribution is 0.316. The van der Waals surface area contributed by atoms with Gasteiger partial charge < -0.3 is 0 Å². The van der Waals surface area contributed by atoms with Crippen LogP contribution < -0.4 is 0 Å². The Morgan fingerprint density at radius 3 is 2.26 bits per heavy atom. The van der Waals surface area contributed by atoms with E-state index < -0.39 is 10.0 Å². The Kier molecular flexibility index (Phi) is 6.90. The highest BCUT2D eigenvalue weighted by Gasteiger charge is 2.32. The zero-order valence-corrected chi connectivity index (χ0v) is 14.6. The van der Waals surface area contributed by atoms with Crippen molar-refractivity contribution in [1.29, 1.82) is 0 Å². The molecule has 0 atom stereocenters. The molecule has 8 heteroatoms. The van der Waals surface area contributed by atoms with Crippen molar-refractivity contribution in [3.63, 3.8) is 0 Å². The average Bonchev–Trinajstić information content (AvgIpc) is 2.69. The molecule has 1 aromatic heterocycles. The third kappa shape index (κ3) is 3.99. The van der Waals surface area contributed by atoms with E-state index >= 15 is 0 Å². The van der Waals surface area contributed by atoms with Crippen molar-refractivity contribution in [2.75, 3.05) is 12.4 Å². The highest BCUT2D eigenvalue weighted by molar-refractivity contribution is 7.89. The van der Waals surface area contributed by atoms with Gasteiger partial charge >= 0.3 is 0 Å². The van der Waals surface area contributed by atoms with Crippen LogP contribution in [0.5, 0.6) is 0 Å². The molecule has 1 aromatic rings. The summed E-state index contributed by atoms with van der Waals surface area (Å²) in [6, 6.07) is 1.31. The molecule has 0 fully saturated rings. The van der Waals surface area contributed by atoms with Crippen LogP contribution in [0, 0.1) is 0 Å². The Morgan fingerprint density at radius 1 is 1.32 bits per heavy atom. The van der Waals surface area contributed by atoms with Crippen LogP contribution in [0.15, 0.2) is 11.0 Å². The van der Waals surface area contributed by atoms with Gasteiger partial charge in [-0.1, -0.05) is 37.0 Å². The number of nitrogens with zero attached hydrogens (tertiary/aromatic N) is 1. The van der Waals surface area contributed by atoms with Crippen molar-refractivity contribution in [2.24, 2.45) is 0 Å². The lowest BCUT2D eigenvalue weighted by atomic mass is 10.2. The van der Waals surface area contributed by atoms with Gasteiger partial charge in [0.25, 0.3) is 0 Å². The van der Waals surface area contributed by atoms with Crippen molar-refractivity contribution < 1.29 is 8.42 Å². The molecule has 19 heavy (non-hydrogen) atoms. The second-order valence-electron chi connectivity index (χ2n) is 3.96. The fourth-order valence-electron chi connectivity index (χ4n) is 1.91. The molecule has 0 aromatic carbocycles. The maximum absolute atomic E-state index is 12.6. The van der Waals surface area contributed by atoms with Crippen molar-refractivity contribution >= 4 is 56.2 Å². The summed E-state index contributed by atoms with van der Waals surface area (Å²) in [4.78, 5) is 0.0705. The van der Waals surface area contributed by atoms with E-state index in [0.717, 1.165) is 24.2 Å². The Morgan fingerprint density at radius 2 is 1.89 bits per heavy atom. The van der Waals surface area contributed by atoms with Crippen molar-refractivity contribution in [2.45, 2.75) is 37.6 Å². The first-order chi connectivity index (χ1) is 8.88. The Balaban J connectivity index is 3.23. The summed E-state index contributed by atoms with van der Waals surface area (Å²) < 4.78 is 27.3. The van der Waals surface area contributed by atoms with Crippen molar-refractivity contribution in [1.82, 2.24) is 4.31 Å². The summed E-state index contributed by atoms with van der Waals surface area (Å²) in [7, 11) is -3.65. The van der Waals surface area contributed by atoms with Gasteiger partial charge in [-0.05, 0) is 18.9 Å². The highest BCUT2D eigenvalue weighted by atomic mass is 35.5. The van der Waals surface area contributed by atoms with Gasteiger partial charge in [0.15, 0.2) is 0 Å². The number of halogens is 3. The molecule has 110 valence electrons. The maximum Gasteiger partial charge on any atom is 0.245 e. The summed E-state index contributed by atoms with van der Waals surface area (Å²) >= 11 is 18.6. The highest BCUT2D eigenvalue weighted by Crippen LogP contribution is 2.36. The number of hydrogen-bond acceptors (Lipinski definition) is 3. The van der Waals surface area contributed by atoms with Crippen LogP contribution in [0.2, 0.25) is 8.67 Å². The predicted octanol–water partition coefficient (Wildman–Crippen LogP) is 4.47. The third-order valence-corrected chi connectivity index (χ3v) is 6.74. The standard InChI is InChI=1S/C11H16Cl3NO2S2/c1-3-8(4-2)15(6-5-12)19(16,17)9-7-10(13)18-11(9)14/h7-8H,3-6H2,1-2H3. The summed E-state index contributed by atoms with van der Waals surface area (Å²) in [6.07, 6.45) is 1.45. The second-order valence-corrected chi connectivity index (χ2v) is 8.49. The average molecular weight is 365 g/mol. The summed E-state index contributed by atoms with van der Waals surface area (Å²) in [5.41, 5.74) is 0. The van der Waals surface area contributed by atoms with E-state index in [-0.39, 0.29) is 27.7 Å².